The lowest BCUT2D eigenvalue weighted by molar-refractivity contribution is -0.127. The second kappa shape index (κ2) is 5.70. The normalized spacial score (nSPS) is 28.9. The van der Waals surface area contributed by atoms with Crippen molar-refractivity contribution in [1.29, 1.82) is 0 Å². The monoisotopic (exact) mass is 295 g/mol. The number of nitrogens with two attached hydrogens (primary N) is 1. The van der Waals surface area contributed by atoms with Crippen molar-refractivity contribution in [3.05, 3.63) is 23.5 Å². The van der Waals surface area contributed by atoms with Gasteiger partial charge in [-0.2, -0.15) is 0 Å². The first-order valence-corrected chi connectivity index (χ1v) is 7.38. The molecule has 3 unspecified atom stereocenters. The number of hydrogen-bond donors (Lipinski definition) is 2. The van der Waals surface area contributed by atoms with Gasteiger partial charge in [0.25, 0.3) is 0 Å². The fraction of sp³-hybridized carbons (Fsp3) is 0.600. The number of nitrogens with zero attached hydrogens (tertiary/aromatic N) is 1. The van der Waals surface area contributed by atoms with E-state index in [9.17, 15) is 4.79 Å². The molecule has 0 spiro atoms. The first kappa shape index (κ1) is 15.3. The molecule has 110 valence electrons. The van der Waals surface area contributed by atoms with Crippen molar-refractivity contribution < 1.29 is 4.79 Å². The van der Waals surface area contributed by atoms with E-state index in [0.717, 1.165) is 12.8 Å². The Kier molecular flexibility index (Phi) is 4.35. The van der Waals surface area contributed by atoms with Gasteiger partial charge in [0.05, 0.1) is 5.69 Å². The number of amides is 1. The third kappa shape index (κ3) is 2.81. The van der Waals surface area contributed by atoms with Crippen LogP contribution < -0.4 is 11.1 Å². The van der Waals surface area contributed by atoms with Gasteiger partial charge in [-0.1, -0.05) is 32.4 Å². The predicted molar refractivity (Wildman–Crippen MR) is 81.5 cm³/mol. The van der Waals surface area contributed by atoms with E-state index in [1.807, 2.05) is 0 Å². The van der Waals surface area contributed by atoms with Crippen molar-refractivity contribution >= 4 is 23.2 Å². The van der Waals surface area contributed by atoms with Gasteiger partial charge in [-0.15, -0.1) is 0 Å². The van der Waals surface area contributed by atoms with E-state index in [2.05, 4.69) is 31.1 Å². The van der Waals surface area contributed by atoms with Gasteiger partial charge in [-0.3, -0.25) is 4.79 Å². The van der Waals surface area contributed by atoms with Crippen molar-refractivity contribution in [3.63, 3.8) is 0 Å². The summed E-state index contributed by atoms with van der Waals surface area (Å²) in [6.45, 7) is 6.36. The molecule has 4 nitrogen and oxygen atoms in total. The molecule has 1 aromatic rings. The fourth-order valence-electron chi connectivity index (χ4n) is 3.02. The van der Waals surface area contributed by atoms with Crippen LogP contribution in [-0.2, 0) is 4.79 Å². The van der Waals surface area contributed by atoms with E-state index < -0.39 is 0 Å². The average Bonchev–Trinajstić information content (AvgIpc) is 2.38. The van der Waals surface area contributed by atoms with Crippen molar-refractivity contribution in [2.75, 3.05) is 5.32 Å². The molecule has 2 rings (SSSR count). The SMILES string of the molecule is CC1C(N)CCC(C(=O)Nc2cccnc2Cl)C1(C)C. The van der Waals surface area contributed by atoms with Gasteiger partial charge in [-0.05, 0) is 36.3 Å². The van der Waals surface area contributed by atoms with Crippen molar-refractivity contribution in [3.8, 4) is 0 Å². The third-order valence-electron chi connectivity index (χ3n) is 4.84. The number of carbonyl (C=O) groups is 1. The summed E-state index contributed by atoms with van der Waals surface area (Å²) in [6.07, 6.45) is 3.29. The molecule has 1 aliphatic carbocycles. The molecule has 1 aliphatic rings. The maximum Gasteiger partial charge on any atom is 0.228 e. The van der Waals surface area contributed by atoms with Crippen molar-refractivity contribution in [1.82, 2.24) is 4.98 Å². The molecule has 1 aromatic heterocycles. The number of anilines is 1. The van der Waals surface area contributed by atoms with Gasteiger partial charge < -0.3 is 11.1 Å². The molecule has 20 heavy (non-hydrogen) atoms. The van der Waals surface area contributed by atoms with Crippen LogP contribution in [0.3, 0.4) is 0 Å². The van der Waals surface area contributed by atoms with E-state index >= 15 is 0 Å². The molecular weight excluding hydrogens is 274 g/mol. The molecule has 0 saturated heterocycles. The smallest absolute Gasteiger partial charge is 0.228 e. The molecule has 3 atom stereocenters. The van der Waals surface area contributed by atoms with Gasteiger partial charge in [-0.25, -0.2) is 4.98 Å². The summed E-state index contributed by atoms with van der Waals surface area (Å²) < 4.78 is 0. The maximum absolute atomic E-state index is 12.5. The number of rotatable bonds is 2. The van der Waals surface area contributed by atoms with E-state index in [-0.39, 0.29) is 23.3 Å². The highest BCUT2D eigenvalue weighted by Crippen LogP contribution is 2.44. The Morgan fingerprint density at radius 1 is 1.50 bits per heavy atom. The van der Waals surface area contributed by atoms with Crippen molar-refractivity contribution in [2.24, 2.45) is 23.0 Å². The largest absolute Gasteiger partial charge is 0.327 e. The van der Waals surface area contributed by atoms with Crippen LogP contribution in [0.5, 0.6) is 0 Å². The standard InChI is InChI=1S/C15H22ClN3O/c1-9-11(17)7-6-10(15(9,2)3)14(20)19-12-5-4-8-18-13(12)16/h4-5,8-11H,6-7,17H2,1-3H3,(H,19,20). The highest BCUT2D eigenvalue weighted by atomic mass is 35.5. The predicted octanol–water partition coefficient (Wildman–Crippen LogP) is 3.07. The molecule has 5 heteroatoms. The summed E-state index contributed by atoms with van der Waals surface area (Å²) in [7, 11) is 0. The zero-order valence-corrected chi connectivity index (χ0v) is 12.9. The minimum Gasteiger partial charge on any atom is -0.327 e. The minimum absolute atomic E-state index is 0.00338. The van der Waals surface area contributed by atoms with Crippen LogP contribution in [-0.4, -0.2) is 16.9 Å². The minimum atomic E-state index is -0.129. The van der Waals surface area contributed by atoms with Gasteiger partial charge in [0.1, 0.15) is 0 Å². The number of hydrogen-bond acceptors (Lipinski definition) is 3. The van der Waals surface area contributed by atoms with Gasteiger partial charge in [0.15, 0.2) is 5.15 Å². The molecular formula is C15H22ClN3O. The van der Waals surface area contributed by atoms with E-state index in [4.69, 9.17) is 17.3 Å². The number of aromatic nitrogens is 1. The highest BCUT2D eigenvalue weighted by Gasteiger charge is 2.45. The van der Waals surface area contributed by atoms with Gasteiger partial charge in [0.2, 0.25) is 5.91 Å². The Morgan fingerprint density at radius 3 is 2.85 bits per heavy atom. The van der Waals surface area contributed by atoms with Gasteiger partial charge >= 0.3 is 0 Å². The molecule has 1 fully saturated rings. The quantitative estimate of drug-likeness (QED) is 0.824. The van der Waals surface area contributed by atoms with E-state index in [1.54, 1.807) is 18.3 Å². The molecule has 1 saturated carbocycles. The van der Waals surface area contributed by atoms with Crippen LogP contribution >= 0.6 is 11.6 Å². The van der Waals surface area contributed by atoms with Crippen molar-refractivity contribution in [2.45, 2.75) is 39.7 Å². The highest BCUT2D eigenvalue weighted by molar-refractivity contribution is 6.32. The zero-order valence-electron chi connectivity index (χ0n) is 12.2. The molecule has 3 N–H and O–H groups in total. The summed E-state index contributed by atoms with van der Waals surface area (Å²) in [6, 6.07) is 3.68. The lowest BCUT2D eigenvalue weighted by Crippen LogP contribution is -2.50. The second-order valence-electron chi connectivity index (χ2n) is 6.23. The third-order valence-corrected chi connectivity index (χ3v) is 5.14. The van der Waals surface area contributed by atoms with E-state index in [0.29, 0.717) is 16.8 Å². The van der Waals surface area contributed by atoms with Crippen LogP contribution in [0.1, 0.15) is 33.6 Å². The first-order chi connectivity index (χ1) is 9.34. The summed E-state index contributed by atoms with van der Waals surface area (Å²) in [5.74, 6) is 0.244. The van der Waals surface area contributed by atoms with Gasteiger partial charge in [0, 0.05) is 18.2 Å². The average molecular weight is 296 g/mol. The first-order valence-electron chi connectivity index (χ1n) is 7.01. The zero-order chi connectivity index (χ0) is 14.9. The molecule has 0 aromatic carbocycles. The second-order valence-corrected chi connectivity index (χ2v) is 6.59. The number of pyridine rings is 1. The van der Waals surface area contributed by atoms with Crippen LogP contribution in [0.25, 0.3) is 0 Å². The Labute approximate surface area is 125 Å². The summed E-state index contributed by atoms with van der Waals surface area (Å²) >= 11 is 5.98. The molecule has 1 amide bonds. The molecule has 1 heterocycles. The summed E-state index contributed by atoms with van der Waals surface area (Å²) in [5.41, 5.74) is 6.57. The topological polar surface area (TPSA) is 68.0 Å². The maximum atomic E-state index is 12.5. The molecule has 0 aliphatic heterocycles. The lowest BCUT2D eigenvalue weighted by Gasteiger charge is -2.46. The number of carbonyl (C=O) groups excluding carboxylic acids is 1. The van der Waals surface area contributed by atoms with E-state index in [1.165, 1.54) is 0 Å². The summed E-state index contributed by atoms with van der Waals surface area (Å²) in [4.78, 5) is 16.5. The van der Waals surface area contributed by atoms with Crippen LogP contribution in [0, 0.1) is 17.3 Å². The fourth-order valence-corrected chi connectivity index (χ4v) is 3.18. The lowest BCUT2D eigenvalue weighted by atomic mass is 9.61. The Morgan fingerprint density at radius 2 is 2.20 bits per heavy atom. The molecule has 0 radical (unpaired) electrons. The Hall–Kier alpha value is -1.13. The Bertz CT molecular complexity index is 504. The number of nitrogens with one attached hydrogen (secondary N) is 1. The summed E-state index contributed by atoms with van der Waals surface area (Å²) in [5, 5.41) is 3.22. The number of halogens is 1. The van der Waals surface area contributed by atoms with Crippen LogP contribution in [0.2, 0.25) is 5.15 Å². The van der Waals surface area contributed by atoms with Crippen LogP contribution in [0.4, 0.5) is 5.69 Å². The van der Waals surface area contributed by atoms with Crippen LogP contribution in [0.15, 0.2) is 18.3 Å². The Balaban J connectivity index is 2.15. The molecule has 0 bridgehead atoms.